The van der Waals surface area contributed by atoms with Crippen molar-refractivity contribution in [2.24, 2.45) is 0 Å². The number of anilines is 1. The number of rotatable bonds is 3. The molecular formula is C20H17N3O3S3. The fourth-order valence-electron chi connectivity index (χ4n) is 3.54. The summed E-state index contributed by atoms with van der Waals surface area (Å²) in [5.74, 6) is 0.274. The topological polar surface area (TPSA) is 83.1 Å². The Morgan fingerprint density at radius 3 is 2.83 bits per heavy atom. The first-order chi connectivity index (χ1) is 13.9. The third-order valence-corrected chi connectivity index (χ3v) is 9.05. The van der Waals surface area contributed by atoms with Gasteiger partial charge >= 0.3 is 0 Å². The largest absolute Gasteiger partial charge is 0.361 e. The van der Waals surface area contributed by atoms with Gasteiger partial charge in [0, 0.05) is 29.8 Å². The molecule has 0 aliphatic carbocycles. The van der Waals surface area contributed by atoms with Gasteiger partial charge in [-0.15, -0.1) is 11.3 Å². The zero-order chi connectivity index (χ0) is 20.2. The second-order valence-corrected chi connectivity index (χ2v) is 11.4. The summed E-state index contributed by atoms with van der Waals surface area (Å²) in [5, 5.41) is 0.892. The van der Waals surface area contributed by atoms with Crippen LogP contribution in [-0.2, 0) is 20.8 Å². The van der Waals surface area contributed by atoms with Crippen LogP contribution in [0.5, 0.6) is 0 Å². The number of aryl methyl sites for hydroxylation is 1. The molecule has 0 saturated carbocycles. The Kier molecular flexibility index (Phi) is 4.34. The molecule has 3 heterocycles. The Morgan fingerprint density at radius 1 is 1.17 bits per heavy atom. The highest BCUT2D eigenvalue weighted by molar-refractivity contribution is 7.93. The van der Waals surface area contributed by atoms with Crippen LogP contribution in [-0.4, -0.2) is 34.9 Å². The average molecular weight is 444 g/mol. The van der Waals surface area contributed by atoms with Gasteiger partial charge in [-0.3, -0.25) is 8.51 Å². The number of nitrogens with zero attached hydrogens (tertiary/aromatic N) is 2. The minimum atomic E-state index is -3.80. The van der Waals surface area contributed by atoms with E-state index >= 15 is 0 Å². The van der Waals surface area contributed by atoms with Crippen molar-refractivity contribution in [3.05, 3.63) is 59.7 Å². The summed E-state index contributed by atoms with van der Waals surface area (Å²) in [6.45, 7) is 2.08. The van der Waals surface area contributed by atoms with Crippen molar-refractivity contribution in [3.63, 3.8) is 0 Å². The van der Waals surface area contributed by atoms with Crippen molar-refractivity contribution >= 4 is 48.1 Å². The second kappa shape index (κ2) is 6.79. The van der Waals surface area contributed by atoms with E-state index in [-0.39, 0.29) is 17.2 Å². The van der Waals surface area contributed by atoms with Crippen LogP contribution in [0.1, 0.15) is 5.01 Å². The van der Waals surface area contributed by atoms with Crippen LogP contribution in [0.15, 0.2) is 64.5 Å². The van der Waals surface area contributed by atoms with Crippen molar-refractivity contribution in [3.8, 4) is 11.3 Å². The van der Waals surface area contributed by atoms with Gasteiger partial charge in [0.1, 0.15) is 0 Å². The molecule has 2 aromatic heterocycles. The van der Waals surface area contributed by atoms with E-state index in [1.54, 1.807) is 30.3 Å². The van der Waals surface area contributed by atoms with Gasteiger partial charge in [0.05, 0.1) is 41.5 Å². The van der Waals surface area contributed by atoms with E-state index in [9.17, 15) is 12.6 Å². The molecule has 6 nitrogen and oxygen atoms in total. The number of benzene rings is 2. The fourth-order valence-corrected chi connectivity index (χ4v) is 7.34. The molecule has 29 heavy (non-hydrogen) atoms. The van der Waals surface area contributed by atoms with Crippen LogP contribution >= 0.6 is 11.3 Å². The summed E-state index contributed by atoms with van der Waals surface area (Å²) in [7, 11) is -5.02. The van der Waals surface area contributed by atoms with Crippen molar-refractivity contribution in [2.75, 3.05) is 16.6 Å². The summed E-state index contributed by atoms with van der Waals surface area (Å²) >= 11 is 1.47. The van der Waals surface area contributed by atoms with E-state index in [0.717, 1.165) is 26.5 Å². The number of hydrogen-bond donors (Lipinski definition) is 1. The van der Waals surface area contributed by atoms with Gasteiger partial charge in [0.25, 0.3) is 10.0 Å². The second-order valence-electron chi connectivity index (χ2n) is 6.76. The maximum Gasteiger partial charge on any atom is 0.264 e. The smallest absolute Gasteiger partial charge is 0.264 e. The summed E-state index contributed by atoms with van der Waals surface area (Å²) in [5.41, 5.74) is 2.99. The number of H-pyrrole nitrogens is 1. The molecule has 9 heteroatoms. The van der Waals surface area contributed by atoms with Crippen LogP contribution in [0, 0.1) is 6.92 Å². The van der Waals surface area contributed by atoms with E-state index < -0.39 is 20.8 Å². The molecule has 2 aromatic carbocycles. The van der Waals surface area contributed by atoms with E-state index in [1.165, 1.54) is 15.6 Å². The van der Waals surface area contributed by atoms with Gasteiger partial charge in [0.15, 0.2) is 0 Å². The van der Waals surface area contributed by atoms with Crippen molar-refractivity contribution in [1.82, 2.24) is 9.97 Å². The molecule has 1 aliphatic heterocycles. The first kappa shape index (κ1) is 18.5. The van der Waals surface area contributed by atoms with Crippen molar-refractivity contribution in [2.45, 2.75) is 16.7 Å². The van der Waals surface area contributed by atoms with E-state index in [1.807, 2.05) is 31.3 Å². The molecule has 1 atom stereocenters. The average Bonchev–Trinajstić information content (AvgIpc) is 3.36. The Labute approximate surface area is 174 Å². The normalized spacial score (nSPS) is 16.9. The number of nitrogens with one attached hydrogen (secondary N) is 1. The Bertz CT molecular complexity index is 1360. The Balaban J connectivity index is 1.64. The van der Waals surface area contributed by atoms with Gasteiger partial charge in [0.2, 0.25) is 0 Å². The van der Waals surface area contributed by atoms with Crippen LogP contribution in [0.2, 0.25) is 0 Å². The lowest BCUT2D eigenvalue weighted by molar-refractivity contribution is 0.591. The van der Waals surface area contributed by atoms with Gasteiger partial charge < -0.3 is 4.98 Å². The lowest BCUT2D eigenvalue weighted by Gasteiger charge is -2.30. The summed E-state index contributed by atoms with van der Waals surface area (Å²) in [6, 6.07) is 14.2. The number of sulfonamides is 1. The molecular weight excluding hydrogens is 426 g/mol. The molecule has 0 fully saturated rings. The Morgan fingerprint density at radius 2 is 2.03 bits per heavy atom. The molecule has 0 bridgehead atoms. The monoisotopic (exact) mass is 443 g/mol. The molecule has 5 rings (SSSR count). The zero-order valence-corrected chi connectivity index (χ0v) is 17.9. The van der Waals surface area contributed by atoms with E-state index in [4.69, 9.17) is 0 Å². The molecule has 4 aromatic rings. The minimum absolute atomic E-state index is 0.176. The quantitative estimate of drug-likeness (QED) is 0.520. The van der Waals surface area contributed by atoms with Gasteiger partial charge in [-0.1, -0.05) is 6.07 Å². The van der Waals surface area contributed by atoms with Crippen molar-refractivity contribution in [1.29, 1.82) is 0 Å². The van der Waals surface area contributed by atoms with Crippen LogP contribution < -0.4 is 4.31 Å². The van der Waals surface area contributed by atoms with Crippen LogP contribution in [0.3, 0.4) is 0 Å². The number of hydrogen-bond acceptors (Lipinski definition) is 5. The minimum Gasteiger partial charge on any atom is -0.361 e. The number of thiazole rings is 1. The van der Waals surface area contributed by atoms with Gasteiger partial charge in [-0.05, 0) is 49.4 Å². The maximum atomic E-state index is 13.5. The first-order valence-corrected chi connectivity index (χ1v) is 12.6. The number of aromatic amines is 1. The van der Waals surface area contributed by atoms with Crippen LogP contribution in [0.25, 0.3) is 21.5 Å². The molecule has 0 radical (unpaired) electrons. The third-order valence-electron chi connectivity index (χ3n) is 4.92. The summed E-state index contributed by atoms with van der Waals surface area (Å²) in [6.07, 6.45) is 1.81. The SMILES string of the molecule is Cc1nc2ccc(S(=O)(=O)N3CCS(=O)c4ccc(-c5ccc[nH]5)cc43)cc2s1. The lowest BCUT2D eigenvalue weighted by atomic mass is 10.1. The van der Waals surface area contributed by atoms with E-state index in [0.29, 0.717) is 10.6 Å². The van der Waals surface area contributed by atoms with Gasteiger partial charge in [-0.25, -0.2) is 13.4 Å². The highest BCUT2D eigenvalue weighted by Crippen LogP contribution is 2.36. The predicted molar refractivity (Wildman–Crippen MR) is 116 cm³/mol. The molecule has 1 N–H and O–H groups in total. The molecule has 0 spiro atoms. The summed E-state index contributed by atoms with van der Waals surface area (Å²) < 4.78 is 41.8. The molecule has 0 amide bonds. The molecule has 0 saturated heterocycles. The maximum absolute atomic E-state index is 13.5. The van der Waals surface area contributed by atoms with Crippen LogP contribution in [0.4, 0.5) is 5.69 Å². The zero-order valence-electron chi connectivity index (χ0n) is 15.5. The highest BCUT2D eigenvalue weighted by atomic mass is 32.2. The third kappa shape index (κ3) is 3.09. The molecule has 148 valence electrons. The number of aromatic nitrogens is 2. The van der Waals surface area contributed by atoms with Crippen molar-refractivity contribution < 1.29 is 12.6 Å². The predicted octanol–water partition coefficient (Wildman–Crippen LogP) is 3.92. The first-order valence-electron chi connectivity index (χ1n) is 8.99. The fraction of sp³-hybridized carbons (Fsp3) is 0.150. The highest BCUT2D eigenvalue weighted by Gasteiger charge is 2.32. The Hall–Kier alpha value is -2.49. The van der Waals surface area contributed by atoms with E-state index in [2.05, 4.69) is 9.97 Å². The lowest BCUT2D eigenvalue weighted by Crippen LogP contribution is -2.38. The molecule has 1 unspecified atom stereocenters. The summed E-state index contributed by atoms with van der Waals surface area (Å²) in [4.78, 5) is 8.30. The molecule has 1 aliphatic rings. The van der Waals surface area contributed by atoms with Gasteiger partial charge in [-0.2, -0.15) is 0 Å². The standard InChI is InChI=1S/C20H17N3O3S3/c1-13-22-17-6-5-15(12-19(17)27-13)29(25,26)23-9-10-28(24)20-7-4-14(11-18(20)23)16-3-2-8-21-16/h2-8,11-12,21H,9-10H2,1H3. The number of fused-ring (bicyclic) bond motifs is 2.